The van der Waals surface area contributed by atoms with Crippen molar-refractivity contribution in [3.63, 3.8) is 0 Å². The standard InChI is InChI=1S/C17H24N6O/c1-12-15(13-10-19-23(2)11-13)5-6-16(20-12)22-17(24)21-14-4-3-8-18-9-7-14/h5-6,10-11,14,18H,3-4,7-9H2,1-2H3,(H2,20,21,22,24). The van der Waals surface area contributed by atoms with Gasteiger partial charge in [0.2, 0.25) is 0 Å². The van der Waals surface area contributed by atoms with Crippen LogP contribution in [0.4, 0.5) is 10.6 Å². The molecular formula is C17H24N6O. The lowest BCUT2D eigenvalue weighted by Gasteiger charge is -2.16. The van der Waals surface area contributed by atoms with Crippen LogP contribution in [0.1, 0.15) is 25.0 Å². The van der Waals surface area contributed by atoms with E-state index in [0.29, 0.717) is 5.82 Å². The molecular weight excluding hydrogens is 304 g/mol. The minimum Gasteiger partial charge on any atom is -0.335 e. The lowest BCUT2D eigenvalue weighted by molar-refractivity contribution is 0.247. The van der Waals surface area contributed by atoms with Gasteiger partial charge >= 0.3 is 6.03 Å². The van der Waals surface area contributed by atoms with Gasteiger partial charge in [0.15, 0.2) is 0 Å². The topological polar surface area (TPSA) is 83.9 Å². The van der Waals surface area contributed by atoms with Gasteiger partial charge in [-0.05, 0) is 51.4 Å². The van der Waals surface area contributed by atoms with Gasteiger partial charge < -0.3 is 10.6 Å². The number of nitrogens with one attached hydrogen (secondary N) is 3. The average Bonchev–Trinajstić information content (AvgIpc) is 2.80. The van der Waals surface area contributed by atoms with Crippen LogP contribution in [0.3, 0.4) is 0 Å². The van der Waals surface area contributed by atoms with Gasteiger partial charge in [-0.25, -0.2) is 9.78 Å². The van der Waals surface area contributed by atoms with E-state index in [1.165, 1.54) is 0 Å². The number of aromatic nitrogens is 3. The van der Waals surface area contributed by atoms with Crippen molar-refractivity contribution in [2.45, 2.75) is 32.2 Å². The fraction of sp³-hybridized carbons (Fsp3) is 0.471. The number of aryl methyl sites for hydroxylation is 2. The van der Waals surface area contributed by atoms with E-state index in [2.05, 4.69) is 26.0 Å². The Morgan fingerprint density at radius 2 is 2.21 bits per heavy atom. The molecule has 0 bridgehead atoms. The van der Waals surface area contributed by atoms with E-state index in [4.69, 9.17) is 0 Å². The molecule has 2 amide bonds. The predicted octanol–water partition coefficient (Wildman–Crippen LogP) is 2.05. The number of urea groups is 1. The van der Waals surface area contributed by atoms with E-state index >= 15 is 0 Å². The number of nitrogens with zero attached hydrogens (tertiary/aromatic N) is 3. The minimum absolute atomic E-state index is 0.192. The molecule has 0 radical (unpaired) electrons. The Labute approximate surface area is 141 Å². The molecule has 0 aromatic carbocycles. The van der Waals surface area contributed by atoms with Crippen molar-refractivity contribution in [2.75, 3.05) is 18.4 Å². The summed E-state index contributed by atoms with van der Waals surface area (Å²) < 4.78 is 1.76. The van der Waals surface area contributed by atoms with E-state index in [9.17, 15) is 4.79 Å². The molecule has 7 heteroatoms. The highest BCUT2D eigenvalue weighted by Crippen LogP contribution is 2.22. The number of hydrogen-bond acceptors (Lipinski definition) is 4. The summed E-state index contributed by atoms with van der Waals surface area (Å²) in [6.45, 7) is 3.90. The molecule has 24 heavy (non-hydrogen) atoms. The summed E-state index contributed by atoms with van der Waals surface area (Å²) in [4.78, 5) is 16.7. The highest BCUT2D eigenvalue weighted by molar-refractivity contribution is 5.88. The molecule has 2 aromatic rings. The number of amides is 2. The molecule has 7 nitrogen and oxygen atoms in total. The molecule has 3 N–H and O–H groups in total. The zero-order valence-corrected chi connectivity index (χ0v) is 14.2. The van der Waals surface area contributed by atoms with E-state index in [-0.39, 0.29) is 12.1 Å². The van der Waals surface area contributed by atoms with E-state index in [1.54, 1.807) is 4.68 Å². The Hall–Kier alpha value is -2.41. The van der Waals surface area contributed by atoms with Crippen LogP contribution in [0.2, 0.25) is 0 Å². The van der Waals surface area contributed by atoms with Crippen molar-refractivity contribution in [2.24, 2.45) is 7.05 Å². The van der Waals surface area contributed by atoms with E-state index < -0.39 is 0 Å². The molecule has 0 spiro atoms. The van der Waals surface area contributed by atoms with Gasteiger partial charge in [0, 0.05) is 36.1 Å². The maximum Gasteiger partial charge on any atom is 0.320 e. The molecule has 1 fully saturated rings. The molecule has 0 saturated carbocycles. The van der Waals surface area contributed by atoms with Gasteiger partial charge in [-0.3, -0.25) is 10.00 Å². The van der Waals surface area contributed by atoms with E-state index in [1.807, 2.05) is 38.5 Å². The molecule has 1 atom stereocenters. The van der Waals surface area contributed by atoms with Gasteiger partial charge in [0.05, 0.1) is 6.20 Å². The van der Waals surface area contributed by atoms with Gasteiger partial charge in [-0.1, -0.05) is 0 Å². The van der Waals surface area contributed by atoms with Crippen LogP contribution in [0.5, 0.6) is 0 Å². The van der Waals surface area contributed by atoms with Gasteiger partial charge in [-0.15, -0.1) is 0 Å². The summed E-state index contributed by atoms with van der Waals surface area (Å²) in [6.07, 6.45) is 6.81. The number of hydrogen-bond donors (Lipinski definition) is 3. The molecule has 1 saturated heterocycles. The Morgan fingerprint density at radius 3 is 2.96 bits per heavy atom. The van der Waals surface area contributed by atoms with Gasteiger partial charge in [0.25, 0.3) is 0 Å². The van der Waals surface area contributed by atoms with Crippen LogP contribution in [-0.4, -0.2) is 39.9 Å². The third-order valence-electron chi connectivity index (χ3n) is 4.25. The first-order valence-electron chi connectivity index (χ1n) is 8.37. The van der Waals surface area contributed by atoms with Crippen LogP contribution < -0.4 is 16.0 Å². The number of carbonyl (C=O) groups excluding carboxylic acids is 1. The molecule has 3 heterocycles. The second-order valence-corrected chi connectivity index (χ2v) is 6.21. The molecule has 1 aliphatic rings. The van der Waals surface area contributed by atoms with Crippen LogP contribution in [-0.2, 0) is 7.05 Å². The molecule has 2 aromatic heterocycles. The highest BCUT2D eigenvalue weighted by Gasteiger charge is 2.15. The summed E-state index contributed by atoms with van der Waals surface area (Å²) in [7, 11) is 1.88. The number of pyridine rings is 1. The van der Waals surface area contributed by atoms with Gasteiger partial charge in [-0.2, -0.15) is 5.10 Å². The first kappa shape index (κ1) is 16.4. The highest BCUT2D eigenvalue weighted by atomic mass is 16.2. The fourth-order valence-corrected chi connectivity index (χ4v) is 3.00. The van der Waals surface area contributed by atoms with Crippen molar-refractivity contribution in [3.05, 3.63) is 30.2 Å². The summed E-state index contributed by atoms with van der Waals surface area (Å²) in [5.41, 5.74) is 2.90. The van der Waals surface area contributed by atoms with Crippen LogP contribution in [0.15, 0.2) is 24.5 Å². The first-order valence-corrected chi connectivity index (χ1v) is 8.37. The maximum absolute atomic E-state index is 12.2. The molecule has 0 aliphatic carbocycles. The monoisotopic (exact) mass is 328 g/mol. The second-order valence-electron chi connectivity index (χ2n) is 6.21. The Balaban J connectivity index is 1.62. The second kappa shape index (κ2) is 7.44. The first-order chi connectivity index (χ1) is 11.6. The minimum atomic E-state index is -0.192. The lowest BCUT2D eigenvalue weighted by Crippen LogP contribution is -2.38. The van der Waals surface area contributed by atoms with Crippen molar-refractivity contribution >= 4 is 11.8 Å². The smallest absolute Gasteiger partial charge is 0.320 e. The molecule has 1 aliphatic heterocycles. The number of rotatable bonds is 3. The number of anilines is 1. The third kappa shape index (κ3) is 4.11. The van der Waals surface area contributed by atoms with Crippen LogP contribution in [0.25, 0.3) is 11.1 Å². The van der Waals surface area contributed by atoms with E-state index in [0.717, 1.165) is 49.2 Å². The largest absolute Gasteiger partial charge is 0.335 e. The Morgan fingerprint density at radius 1 is 1.33 bits per heavy atom. The SMILES string of the molecule is Cc1nc(NC(=O)NC2CCCNCC2)ccc1-c1cnn(C)c1. The number of carbonyl (C=O) groups is 1. The normalized spacial score (nSPS) is 18.0. The summed E-state index contributed by atoms with van der Waals surface area (Å²) >= 11 is 0. The lowest BCUT2D eigenvalue weighted by atomic mass is 10.1. The quantitative estimate of drug-likeness (QED) is 0.805. The van der Waals surface area contributed by atoms with Crippen molar-refractivity contribution in [1.82, 2.24) is 25.4 Å². The summed E-state index contributed by atoms with van der Waals surface area (Å²) in [5, 5.41) is 13.4. The van der Waals surface area contributed by atoms with Crippen molar-refractivity contribution in [1.29, 1.82) is 0 Å². The summed E-state index contributed by atoms with van der Waals surface area (Å²) in [5.74, 6) is 0.560. The molecule has 1 unspecified atom stereocenters. The van der Waals surface area contributed by atoms with Crippen molar-refractivity contribution in [3.8, 4) is 11.1 Å². The Bertz CT molecular complexity index is 703. The summed E-state index contributed by atoms with van der Waals surface area (Å²) in [6, 6.07) is 3.81. The Kier molecular flexibility index (Phi) is 5.10. The molecule has 3 rings (SSSR count). The zero-order valence-electron chi connectivity index (χ0n) is 14.2. The van der Waals surface area contributed by atoms with Crippen LogP contribution >= 0.6 is 0 Å². The fourth-order valence-electron chi connectivity index (χ4n) is 3.00. The van der Waals surface area contributed by atoms with Crippen LogP contribution in [0, 0.1) is 6.92 Å². The van der Waals surface area contributed by atoms with Gasteiger partial charge in [0.1, 0.15) is 5.82 Å². The third-order valence-corrected chi connectivity index (χ3v) is 4.25. The maximum atomic E-state index is 12.2. The zero-order chi connectivity index (χ0) is 16.9. The average molecular weight is 328 g/mol. The predicted molar refractivity (Wildman–Crippen MR) is 93.8 cm³/mol. The molecule has 128 valence electrons. The van der Waals surface area contributed by atoms with Crippen molar-refractivity contribution < 1.29 is 4.79 Å².